The molecule has 32 heavy (non-hydrogen) atoms. The van der Waals surface area contributed by atoms with E-state index < -0.39 is 17.8 Å². The minimum absolute atomic E-state index is 0.0630. The SMILES string of the molecule is O=C(NC1CCCC1)[C@H](c1ccc(F)cc1)N(C(=O)c1nsc(Cl)c1Cl)C1CCCCC1. The van der Waals surface area contributed by atoms with Gasteiger partial charge in [-0.15, -0.1) is 0 Å². The lowest BCUT2D eigenvalue weighted by Gasteiger charge is -2.39. The lowest BCUT2D eigenvalue weighted by Crippen LogP contribution is -2.50. The molecule has 1 aromatic carbocycles. The predicted molar refractivity (Wildman–Crippen MR) is 125 cm³/mol. The van der Waals surface area contributed by atoms with Gasteiger partial charge in [0, 0.05) is 12.1 Å². The van der Waals surface area contributed by atoms with Crippen LogP contribution in [0.1, 0.15) is 79.9 Å². The number of halogens is 3. The molecule has 0 unspecified atom stereocenters. The van der Waals surface area contributed by atoms with Crippen molar-refractivity contribution in [3.05, 3.63) is 50.7 Å². The number of benzene rings is 1. The third-order valence-corrected chi connectivity index (χ3v) is 8.03. The number of carbonyl (C=O) groups is 2. The van der Waals surface area contributed by atoms with Gasteiger partial charge in [0.05, 0.1) is 0 Å². The zero-order valence-electron chi connectivity index (χ0n) is 17.7. The molecule has 5 nitrogen and oxygen atoms in total. The largest absolute Gasteiger partial charge is 0.351 e. The molecule has 1 heterocycles. The molecule has 2 aromatic rings. The molecular weight excluding hydrogens is 472 g/mol. The molecule has 172 valence electrons. The van der Waals surface area contributed by atoms with Crippen molar-refractivity contribution in [1.82, 2.24) is 14.6 Å². The number of nitrogens with one attached hydrogen (secondary N) is 1. The van der Waals surface area contributed by atoms with Crippen LogP contribution in [0.2, 0.25) is 9.36 Å². The number of nitrogens with zero attached hydrogens (tertiary/aromatic N) is 2. The molecule has 0 radical (unpaired) electrons. The van der Waals surface area contributed by atoms with Crippen LogP contribution in [0, 0.1) is 5.82 Å². The van der Waals surface area contributed by atoms with Crippen LogP contribution in [0.4, 0.5) is 4.39 Å². The molecule has 0 saturated heterocycles. The van der Waals surface area contributed by atoms with Crippen molar-refractivity contribution in [2.45, 2.75) is 75.9 Å². The van der Waals surface area contributed by atoms with Crippen LogP contribution in [0.15, 0.2) is 24.3 Å². The van der Waals surface area contributed by atoms with Gasteiger partial charge in [0.25, 0.3) is 5.91 Å². The van der Waals surface area contributed by atoms with Gasteiger partial charge >= 0.3 is 0 Å². The molecule has 0 bridgehead atoms. The highest BCUT2D eigenvalue weighted by Crippen LogP contribution is 2.36. The topological polar surface area (TPSA) is 62.3 Å². The number of aromatic nitrogens is 1. The van der Waals surface area contributed by atoms with Crippen LogP contribution < -0.4 is 5.32 Å². The minimum atomic E-state index is -0.900. The molecule has 1 aromatic heterocycles. The summed E-state index contributed by atoms with van der Waals surface area (Å²) < 4.78 is 18.1. The van der Waals surface area contributed by atoms with Crippen molar-refractivity contribution in [3.8, 4) is 0 Å². The van der Waals surface area contributed by atoms with Crippen LogP contribution in [0.5, 0.6) is 0 Å². The second kappa shape index (κ2) is 10.5. The Hall–Kier alpha value is -1.70. The van der Waals surface area contributed by atoms with Crippen molar-refractivity contribution < 1.29 is 14.0 Å². The van der Waals surface area contributed by atoms with E-state index in [-0.39, 0.29) is 33.0 Å². The average molecular weight is 498 g/mol. The first-order chi connectivity index (χ1) is 15.5. The molecule has 1 atom stereocenters. The summed E-state index contributed by atoms with van der Waals surface area (Å²) in [6.07, 6.45) is 8.61. The van der Waals surface area contributed by atoms with Crippen LogP contribution in [0.3, 0.4) is 0 Å². The monoisotopic (exact) mass is 497 g/mol. The van der Waals surface area contributed by atoms with Gasteiger partial charge in [-0.05, 0) is 54.9 Å². The van der Waals surface area contributed by atoms with E-state index in [4.69, 9.17) is 23.2 Å². The molecule has 9 heteroatoms. The Labute approximate surface area is 201 Å². The molecule has 2 aliphatic carbocycles. The first-order valence-corrected chi connectivity index (χ1v) is 12.7. The van der Waals surface area contributed by atoms with Gasteiger partial charge in [-0.3, -0.25) is 9.59 Å². The Balaban J connectivity index is 1.75. The van der Waals surface area contributed by atoms with Crippen LogP contribution >= 0.6 is 34.7 Å². The van der Waals surface area contributed by atoms with Gasteiger partial charge in [0.1, 0.15) is 21.2 Å². The molecule has 1 N–H and O–H groups in total. The van der Waals surface area contributed by atoms with Crippen molar-refractivity contribution in [2.75, 3.05) is 0 Å². The van der Waals surface area contributed by atoms with E-state index in [2.05, 4.69) is 9.69 Å². The van der Waals surface area contributed by atoms with Crippen LogP contribution in [-0.2, 0) is 4.79 Å². The highest BCUT2D eigenvalue weighted by molar-refractivity contribution is 7.11. The average Bonchev–Trinajstić information content (AvgIpc) is 3.43. The Morgan fingerprint density at radius 3 is 2.25 bits per heavy atom. The van der Waals surface area contributed by atoms with E-state index >= 15 is 0 Å². The van der Waals surface area contributed by atoms with Crippen LogP contribution in [0.25, 0.3) is 0 Å². The number of amides is 2. The number of carbonyl (C=O) groups excluding carboxylic acids is 2. The first kappa shape index (κ1) is 23.5. The van der Waals surface area contributed by atoms with E-state index in [0.29, 0.717) is 5.56 Å². The smallest absolute Gasteiger partial charge is 0.276 e. The van der Waals surface area contributed by atoms with Crippen LogP contribution in [-0.4, -0.2) is 33.2 Å². The predicted octanol–water partition coefficient (Wildman–Crippen LogP) is 6.16. The maximum atomic E-state index is 13.8. The Morgan fingerprint density at radius 1 is 1.03 bits per heavy atom. The molecule has 4 rings (SSSR count). The summed E-state index contributed by atoms with van der Waals surface area (Å²) in [6.45, 7) is 0. The highest BCUT2D eigenvalue weighted by Gasteiger charge is 2.40. The van der Waals surface area contributed by atoms with E-state index in [1.165, 1.54) is 12.1 Å². The lowest BCUT2D eigenvalue weighted by molar-refractivity contribution is -0.127. The minimum Gasteiger partial charge on any atom is -0.351 e. The van der Waals surface area contributed by atoms with Crippen molar-refractivity contribution >= 4 is 46.5 Å². The second-order valence-electron chi connectivity index (χ2n) is 8.57. The van der Waals surface area contributed by atoms with Crippen molar-refractivity contribution in [1.29, 1.82) is 0 Å². The molecule has 2 aliphatic rings. The Kier molecular flexibility index (Phi) is 7.69. The Bertz CT molecular complexity index is 957. The van der Waals surface area contributed by atoms with E-state index in [0.717, 1.165) is 69.3 Å². The number of rotatable bonds is 6. The standard InChI is InChI=1S/C23H26Cl2FN3O2S/c24-18-19(28-32-21(18)25)23(31)29(17-8-2-1-3-9-17)20(14-10-12-15(26)13-11-14)22(30)27-16-6-4-5-7-16/h10-13,16-17,20H,1-9H2,(H,27,30)/t20-/m0/s1. The molecule has 0 spiro atoms. The summed E-state index contributed by atoms with van der Waals surface area (Å²) >= 11 is 13.3. The third-order valence-electron chi connectivity index (χ3n) is 6.42. The van der Waals surface area contributed by atoms with E-state index in [1.807, 2.05) is 0 Å². The Morgan fingerprint density at radius 2 is 1.66 bits per heavy atom. The number of hydrogen-bond acceptors (Lipinski definition) is 4. The lowest BCUT2D eigenvalue weighted by atomic mass is 9.91. The highest BCUT2D eigenvalue weighted by atomic mass is 35.5. The van der Waals surface area contributed by atoms with E-state index in [9.17, 15) is 14.0 Å². The van der Waals surface area contributed by atoms with Gasteiger partial charge < -0.3 is 10.2 Å². The third kappa shape index (κ3) is 5.10. The molecule has 2 amide bonds. The number of hydrogen-bond donors (Lipinski definition) is 1. The molecule has 2 saturated carbocycles. The van der Waals surface area contributed by atoms with Gasteiger partial charge in [-0.2, -0.15) is 4.37 Å². The fourth-order valence-electron chi connectivity index (χ4n) is 4.80. The maximum Gasteiger partial charge on any atom is 0.276 e. The fourth-order valence-corrected chi connectivity index (χ4v) is 5.79. The molecule has 2 fully saturated rings. The molecular formula is C23H26Cl2FN3O2S. The normalized spacial score (nSPS) is 18.5. The molecule has 0 aliphatic heterocycles. The summed E-state index contributed by atoms with van der Waals surface area (Å²) in [6, 6.07) is 4.84. The summed E-state index contributed by atoms with van der Waals surface area (Å²) in [4.78, 5) is 29.0. The second-order valence-corrected chi connectivity index (χ2v) is 10.3. The fraction of sp³-hybridized carbons (Fsp3) is 0.522. The summed E-state index contributed by atoms with van der Waals surface area (Å²) in [7, 11) is 0. The van der Waals surface area contributed by atoms with Gasteiger partial charge in [-0.25, -0.2) is 4.39 Å². The quantitative estimate of drug-likeness (QED) is 0.519. The van der Waals surface area contributed by atoms with Crippen molar-refractivity contribution in [2.24, 2.45) is 0 Å². The van der Waals surface area contributed by atoms with E-state index in [1.54, 1.807) is 17.0 Å². The van der Waals surface area contributed by atoms with Gasteiger partial charge in [-0.1, -0.05) is 67.4 Å². The first-order valence-electron chi connectivity index (χ1n) is 11.1. The summed E-state index contributed by atoms with van der Waals surface area (Å²) in [5, 5.41) is 3.24. The van der Waals surface area contributed by atoms with Crippen molar-refractivity contribution in [3.63, 3.8) is 0 Å². The van der Waals surface area contributed by atoms with Gasteiger partial charge in [0.2, 0.25) is 5.91 Å². The zero-order valence-corrected chi connectivity index (χ0v) is 20.0. The zero-order chi connectivity index (χ0) is 22.7. The maximum absolute atomic E-state index is 13.8. The van der Waals surface area contributed by atoms with Gasteiger partial charge in [0.15, 0.2) is 5.69 Å². The summed E-state index contributed by atoms with van der Waals surface area (Å²) in [5.41, 5.74) is 0.631. The summed E-state index contributed by atoms with van der Waals surface area (Å²) in [5.74, 6) is -1.06.